The molecule has 2 aliphatic heterocycles. The molecule has 0 aromatic heterocycles. The Kier molecular flexibility index (Phi) is 4.88. The van der Waals surface area contributed by atoms with E-state index in [1.54, 1.807) is 7.05 Å². The van der Waals surface area contributed by atoms with Crippen molar-refractivity contribution in [2.45, 2.75) is 12.5 Å². The van der Waals surface area contributed by atoms with Gasteiger partial charge < -0.3 is 0 Å². The first-order valence-corrected chi connectivity index (χ1v) is 8.13. The van der Waals surface area contributed by atoms with Gasteiger partial charge in [-0.15, -0.1) is 0 Å². The predicted octanol–water partition coefficient (Wildman–Crippen LogP) is 1.07. The number of hydrogen-bond acceptors (Lipinski definition) is 4. The van der Waals surface area contributed by atoms with E-state index >= 15 is 0 Å². The number of imide groups is 1. The van der Waals surface area contributed by atoms with Gasteiger partial charge in [0, 0.05) is 39.8 Å². The molecule has 0 N–H and O–H groups in total. The third-order valence-corrected chi connectivity index (χ3v) is 4.68. The quantitative estimate of drug-likeness (QED) is 0.780. The summed E-state index contributed by atoms with van der Waals surface area (Å²) in [6.07, 6.45) is 4.66. The normalized spacial score (nSPS) is 24.0. The van der Waals surface area contributed by atoms with Crippen LogP contribution in [0.1, 0.15) is 12.0 Å². The Labute approximate surface area is 137 Å². The van der Waals surface area contributed by atoms with Gasteiger partial charge in [0.15, 0.2) is 0 Å². The van der Waals surface area contributed by atoms with Crippen molar-refractivity contribution < 1.29 is 9.59 Å². The number of hydrogen-bond donors (Lipinski definition) is 0. The zero-order chi connectivity index (χ0) is 16.2. The minimum atomic E-state index is -0.241. The predicted molar refractivity (Wildman–Crippen MR) is 89.7 cm³/mol. The van der Waals surface area contributed by atoms with E-state index in [1.165, 1.54) is 10.5 Å². The number of piperazine rings is 1. The molecule has 122 valence electrons. The van der Waals surface area contributed by atoms with Gasteiger partial charge in [0.1, 0.15) is 0 Å². The highest BCUT2D eigenvalue weighted by Crippen LogP contribution is 2.18. The van der Waals surface area contributed by atoms with Gasteiger partial charge in [0.05, 0.1) is 12.5 Å². The summed E-state index contributed by atoms with van der Waals surface area (Å²) in [5.74, 6) is -0.111. The summed E-state index contributed by atoms with van der Waals surface area (Å²) in [6.45, 7) is 4.47. The fourth-order valence-corrected chi connectivity index (χ4v) is 3.18. The molecule has 1 atom stereocenters. The first-order valence-electron chi connectivity index (χ1n) is 8.13. The van der Waals surface area contributed by atoms with Gasteiger partial charge in [-0.2, -0.15) is 0 Å². The summed E-state index contributed by atoms with van der Waals surface area (Å²) in [6, 6.07) is 10.0. The van der Waals surface area contributed by atoms with Gasteiger partial charge in [0.25, 0.3) is 0 Å². The van der Waals surface area contributed by atoms with Crippen LogP contribution in [0.5, 0.6) is 0 Å². The number of rotatable bonds is 4. The van der Waals surface area contributed by atoms with Gasteiger partial charge >= 0.3 is 0 Å². The third-order valence-electron chi connectivity index (χ3n) is 4.68. The Morgan fingerprint density at radius 2 is 1.78 bits per heavy atom. The molecule has 0 aliphatic carbocycles. The summed E-state index contributed by atoms with van der Waals surface area (Å²) in [5.41, 5.74) is 1.21. The van der Waals surface area contributed by atoms with E-state index in [9.17, 15) is 9.59 Å². The fraction of sp³-hybridized carbons (Fsp3) is 0.444. The number of carbonyl (C=O) groups excluding carboxylic acids is 2. The number of amides is 2. The molecular formula is C18H23N3O2. The average Bonchev–Trinajstić information content (AvgIpc) is 2.84. The SMILES string of the molecule is CN1C(=O)CC(N2CCN(C/C=C/c3ccccc3)CC2)C1=O. The van der Waals surface area contributed by atoms with Gasteiger partial charge in [-0.05, 0) is 5.56 Å². The van der Waals surface area contributed by atoms with Gasteiger partial charge in [0.2, 0.25) is 11.8 Å². The number of nitrogens with zero attached hydrogens (tertiary/aromatic N) is 3. The van der Waals surface area contributed by atoms with Crippen LogP contribution < -0.4 is 0 Å². The van der Waals surface area contributed by atoms with Crippen molar-refractivity contribution in [3.8, 4) is 0 Å². The number of benzene rings is 1. The summed E-state index contributed by atoms with van der Waals surface area (Å²) in [7, 11) is 1.58. The minimum Gasteiger partial charge on any atom is -0.297 e. The Balaban J connectivity index is 1.46. The maximum Gasteiger partial charge on any atom is 0.246 e. The van der Waals surface area contributed by atoms with Gasteiger partial charge in [-0.3, -0.25) is 24.3 Å². The second-order valence-corrected chi connectivity index (χ2v) is 6.16. The summed E-state index contributed by atoms with van der Waals surface area (Å²) >= 11 is 0. The molecule has 2 saturated heterocycles. The van der Waals surface area contributed by atoms with Crippen molar-refractivity contribution in [1.29, 1.82) is 0 Å². The van der Waals surface area contributed by atoms with Crippen molar-refractivity contribution >= 4 is 17.9 Å². The highest BCUT2D eigenvalue weighted by atomic mass is 16.2. The zero-order valence-electron chi connectivity index (χ0n) is 13.5. The van der Waals surface area contributed by atoms with E-state index in [2.05, 4.69) is 34.1 Å². The van der Waals surface area contributed by atoms with Crippen molar-refractivity contribution in [3.05, 3.63) is 42.0 Å². The lowest BCUT2D eigenvalue weighted by atomic mass is 10.1. The molecule has 2 fully saturated rings. The van der Waals surface area contributed by atoms with Crippen molar-refractivity contribution in [2.75, 3.05) is 39.8 Å². The van der Waals surface area contributed by atoms with Crippen molar-refractivity contribution in [3.63, 3.8) is 0 Å². The summed E-state index contributed by atoms with van der Waals surface area (Å²) < 4.78 is 0. The molecule has 5 nitrogen and oxygen atoms in total. The molecule has 0 saturated carbocycles. The average molecular weight is 313 g/mol. The fourth-order valence-electron chi connectivity index (χ4n) is 3.18. The third kappa shape index (κ3) is 3.68. The monoisotopic (exact) mass is 313 g/mol. The van der Waals surface area contributed by atoms with Gasteiger partial charge in [-0.25, -0.2) is 0 Å². The highest BCUT2D eigenvalue weighted by molar-refractivity contribution is 6.05. The lowest BCUT2D eigenvalue weighted by molar-refractivity contribution is -0.138. The van der Waals surface area contributed by atoms with E-state index in [4.69, 9.17) is 0 Å². The maximum absolute atomic E-state index is 12.1. The van der Waals surface area contributed by atoms with Crippen LogP contribution in [0.4, 0.5) is 0 Å². The van der Waals surface area contributed by atoms with E-state index in [0.29, 0.717) is 6.42 Å². The molecule has 23 heavy (non-hydrogen) atoms. The van der Waals surface area contributed by atoms with E-state index in [0.717, 1.165) is 32.7 Å². The smallest absolute Gasteiger partial charge is 0.246 e. The first-order chi connectivity index (χ1) is 11.1. The van der Waals surface area contributed by atoms with Gasteiger partial charge in [-0.1, -0.05) is 42.5 Å². The summed E-state index contributed by atoms with van der Waals surface area (Å²) in [5, 5.41) is 0. The highest BCUT2D eigenvalue weighted by Gasteiger charge is 2.40. The van der Waals surface area contributed by atoms with Crippen LogP contribution >= 0.6 is 0 Å². The zero-order valence-corrected chi connectivity index (χ0v) is 13.5. The molecule has 0 radical (unpaired) electrons. The standard InChI is InChI=1S/C18H23N3O2/c1-19-17(22)14-16(18(19)23)21-12-10-20(11-13-21)9-5-8-15-6-3-2-4-7-15/h2-8,16H,9-14H2,1H3/b8-5+. The number of likely N-dealkylation sites (tertiary alicyclic amines) is 1. The Morgan fingerprint density at radius 1 is 1.09 bits per heavy atom. The molecular weight excluding hydrogens is 290 g/mol. The van der Waals surface area contributed by atoms with Crippen molar-refractivity contribution in [2.24, 2.45) is 0 Å². The molecule has 5 heteroatoms. The van der Waals surface area contributed by atoms with Crippen LogP contribution in [-0.4, -0.2) is 72.3 Å². The molecule has 0 bridgehead atoms. The maximum atomic E-state index is 12.1. The molecule has 3 rings (SSSR count). The lowest BCUT2D eigenvalue weighted by Crippen LogP contribution is -2.52. The molecule has 2 aliphatic rings. The molecule has 1 aromatic rings. The minimum absolute atomic E-state index is 0.0487. The molecule has 1 unspecified atom stereocenters. The van der Waals surface area contributed by atoms with Crippen LogP contribution in [0.15, 0.2) is 36.4 Å². The lowest BCUT2D eigenvalue weighted by Gasteiger charge is -2.36. The Bertz CT molecular complexity index is 592. The number of likely N-dealkylation sites (N-methyl/N-ethyl adjacent to an activating group) is 1. The molecule has 2 amide bonds. The second kappa shape index (κ2) is 7.06. The van der Waals surface area contributed by atoms with E-state index in [1.807, 2.05) is 18.2 Å². The van der Waals surface area contributed by atoms with E-state index < -0.39 is 0 Å². The van der Waals surface area contributed by atoms with Crippen LogP contribution in [0.25, 0.3) is 6.08 Å². The van der Waals surface area contributed by atoms with Crippen LogP contribution in [-0.2, 0) is 9.59 Å². The van der Waals surface area contributed by atoms with Crippen LogP contribution in [0.2, 0.25) is 0 Å². The molecule has 2 heterocycles. The molecule has 1 aromatic carbocycles. The summed E-state index contributed by atoms with van der Waals surface area (Å²) in [4.78, 5) is 29.5. The van der Waals surface area contributed by atoms with Crippen LogP contribution in [0.3, 0.4) is 0 Å². The van der Waals surface area contributed by atoms with Crippen molar-refractivity contribution in [1.82, 2.24) is 14.7 Å². The van der Waals surface area contributed by atoms with Crippen LogP contribution in [0, 0.1) is 0 Å². The first kappa shape index (κ1) is 15.9. The Hall–Kier alpha value is -1.98. The topological polar surface area (TPSA) is 43.9 Å². The largest absolute Gasteiger partial charge is 0.297 e. The number of carbonyl (C=O) groups is 2. The molecule has 0 spiro atoms. The van der Waals surface area contributed by atoms with E-state index in [-0.39, 0.29) is 17.9 Å². The Morgan fingerprint density at radius 3 is 2.39 bits per heavy atom. The second-order valence-electron chi connectivity index (χ2n) is 6.16.